The Morgan fingerprint density at radius 1 is 1.19 bits per heavy atom. The second-order valence-electron chi connectivity index (χ2n) is 6.14. The van der Waals surface area contributed by atoms with Gasteiger partial charge in [0.2, 0.25) is 10.0 Å². The van der Waals surface area contributed by atoms with Crippen LogP contribution in [0.15, 0.2) is 47.4 Å². The number of halogens is 1. The van der Waals surface area contributed by atoms with E-state index < -0.39 is 50.1 Å². The van der Waals surface area contributed by atoms with Crippen molar-refractivity contribution in [2.45, 2.75) is 17.9 Å². The topological polar surface area (TPSA) is 157 Å². The van der Waals surface area contributed by atoms with E-state index in [4.69, 9.17) is 16.3 Å². The Labute approximate surface area is 182 Å². The molecular formula is C18H19ClN4O7S. The van der Waals surface area contributed by atoms with Gasteiger partial charge in [0.1, 0.15) is 12.2 Å². The summed E-state index contributed by atoms with van der Waals surface area (Å²) in [6.07, 6.45) is -1.20. The van der Waals surface area contributed by atoms with Crippen molar-refractivity contribution in [3.63, 3.8) is 0 Å². The van der Waals surface area contributed by atoms with Crippen LogP contribution < -0.4 is 15.4 Å². The van der Waals surface area contributed by atoms with Gasteiger partial charge in [-0.05, 0) is 43.3 Å². The molecule has 0 bridgehead atoms. The van der Waals surface area contributed by atoms with Crippen molar-refractivity contribution >= 4 is 50.6 Å². The quantitative estimate of drug-likeness (QED) is 0.286. The number of benzene rings is 2. The summed E-state index contributed by atoms with van der Waals surface area (Å²) >= 11 is 5.76. The summed E-state index contributed by atoms with van der Waals surface area (Å²) < 4.78 is 31.6. The number of nitrogens with zero attached hydrogens (tertiary/aromatic N) is 1. The van der Waals surface area contributed by atoms with Gasteiger partial charge in [0, 0.05) is 23.8 Å². The van der Waals surface area contributed by atoms with E-state index in [0.717, 1.165) is 12.1 Å². The average Bonchev–Trinajstić information content (AvgIpc) is 2.73. The first-order valence-electron chi connectivity index (χ1n) is 8.75. The molecule has 166 valence electrons. The zero-order valence-electron chi connectivity index (χ0n) is 16.4. The molecular weight excluding hydrogens is 452 g/mol. The van der Waals surface area contributed by atoms with Crippen molar-refractivity contribution in [1.29, 1.82) is 0 Å². The largest absolute Gasteiger partial charge is 0.452 e. The van der Waals surface area contributed by atoms with Gasteiger partial charge in [-0.1, -0.05) is 11.6 Å². The van der Waals surface area contributed by atoms with Crippen LogP contribution in [0.2, 0.25) is 5.02 Å². The van der Waals surface area contributed by atoms with Crippen LogP contribution in [0.1, 0.15) is 6.92 Å². The van der Waals surface area contributed by atoms with Gasteiger partial charge in [0.25, 0.3) is 11.6 Å². The summed E-state index contributed by atoms with van der Waals surface area (Å²) in [7, 11) is -2.79. The summed E-state index contributed by atoms with van der Waals surface area (Å²) in [6, 6.07) is 9.49. The minimum atomic E-state index is -4.24. The highest BCUT2D eigenvalue weighted by Crippen LogP contribution is 2.27. The summed E-state index contributed by atoms with van der Waals surface area (Å²) in [5.74, 6) is -1.64. The van der Waals surface area contributed by atoms with Gasteiger partial charge in [0.05, 0.1) is 9.82 Å². The van der Waals surface area contributed by atoms with Crippen molar-refractivity contribution in [1.82, 2.24) is 4.72 Å². The molecule has 0 radical (unpaired) electrons. The Morgan fingerprint density at radius 3 is 2.42 bits per heavy atom. The lowest BCUT2D eigenvalue weighted by Gasteiger charge is -2.14. The third-order valence-corrected chi connectivity index (χ3v) is 5.59. The lowest BCUT2D eigenvalue weighted by molar-refractivity contribution is -0.384. The predicted octanol–water partition coefficient (Wildman–Crippen LogP) is 2.14. The molecule has 31 heavy (non-hydrogen) atoms. The molecule has 0 aliphatic carbocycles. The Balaban J connectivity index is 1.96. The van der Waals surface area contributed by atoms with Gasteiger partial charge in [-0.25, -0.2) is 8.42 Å². The van der Waals surface area contributed by atoms with Crippen LogP contribution in [0.5, 0.6) is 0 Å². The number of ether oxygens (including phenoxy) is 1. The predicted molar refractivity (Wildman–Crippen MR) is 113 cm³/mol. The number of rotatable bonds is 9. The van der Waals surface area contributed by atoms with Gasteiger partial charge < -0.3 is 15.4 Å². The van der Waals surface area contributed by atoms with E-state index in [-0.39, 0.29) is 5.69 Å². The number of hydrogen-bond donors (Lipinski definition) is 3. The Hall–Kier alpha value is -3.22. The molecule has 0 aliphatic rings. The molecule has 13 heteroatoms. The van der Waals surface area contributed by atoms with Crippen molar-refractivity contribution < 1.29 is 27.7 Å². The van der Waals surface area contributed by atoms with E-state index in [1.807, 2.05) is 4.72 Å². The number of nitro benzene ring substituents is 1. The van der Waals surface area contributed by atoms with Crippen molar-refractivity contribution in [3.8, 4) is 0 Å². The molecule has 0 heterocycles. The third kappa shape index (κ3) is 6.64. The minimum absolute atomic E-state index is 0.129. The molecule has 11 nitrogen and oxygen atoms in total. The molecule has 1 unspecified atom stereocenters. The number of nitro groups is 1. The van der Waals surface area contributed by atoms with E-state index in [1.165, 1.54) is 20.0 Å². The Bertz CT molecular complexity index is 1090. The van der Waals surface area contributed by atoms with Gasteiger partial charge in [-0.15, -0.1) is 0 Å². The van der Waals surface area contributed by atoms with Crippen LogP contribution in [0, 0.1) is 10.1 Å². The zero-order valence-corrected chi connectivity index (χ0v) is 18.0. The molecule has 3 N–H and O–H groups in total. The highest BCUT2D eigenvalue weighted by atomic mass is 35.5. The number of hydrogen-bond acceptors (Lipinski definition) is 8. The molecule has 0 aliphatic heterocycles. The lowest BCUT2D eigenvalue weighted by atomic mass is 10.3. The number of sulfonamides is 1. The molecule has 2 aromatic carbocycles. The fourth-order valence-corrected chi connectivity index (χ4v) is 3.46. The normalized spacial score (nSPS) is 12.0. The third-order valence-electron chi connectivity index (χ3n) is 3.94. The number of anilines is 2. The van der Waals surface area contributed by atoms with Crippen LogP contribution in [-0.2, 0) is 24.3 Å². The van der Waals surface area contributed by atoms with Crippen LogP contribution in [0.25, 0.3) is 0 Å². The fourth-order valence-electron chi connectivity index (χ4n) is 2.35. The van der Waals surface area contributed by atoms with E-state index in [2.05, 4.69) is 10.6 Å². The zero-order chi connectivity index (χ0) is 23.2. The Morgan fingerprint density at radius 2 is 1.84 bits per heavy atom. The van der Waals surface area contributed by atoms with E-state index in [9.17, 15) is 28.1 Å². The van der Waals surface area contributed by atoms with Crippen molar-refractivity contribution in [2.75, 3.05) is 24.2 Å². The molecule has 0 saturated heterocycles. The molecule has 1 amide bonds. The van der Waals surface area contributed by atoms with Crippen LogP contribution >= 0.6 is 11.6 Å². The van der Waals surface area contributed by atoms with Crippen LogP contribution in [0.3, 0.4) is 0 Å². The van der Waals surface area contributed by atoms with Crippen molar-refractivity contribution in [2.24, 2.45) is 0 Å². The smallest absolute Gasteiger partial charge is 0.321 e. The summed E-state index contributed by atoms with van der Waals surface area (Å²) in [5, 5.41) is 16.7. The minimum Gasteiger partial charge on any atom is -0.452 e. The highest BCUT2D eigenvalue weighted by molar-refractivity contribution is 7.89. The first kappa shape index (κ1) is 24.1. The summed E-state index contributed by atoms with van der Waals surface area (Å²) in [4.78, 5) is 34.0. The number of nitrogens with one attached hydrogen (secondary N) is 3. The monoisotopic (exact) mass is 470 g/mol. The first-order valence-corrected chi connectivity index (χ1v) is 10.6. The maximum atomic E-state index is 12.3. The maximum Gasteiger partial charge on any atom is 0.321 e. The lowest BCUT2D eigenvalue weighted by Crippen LogP contribution is -2.35. The second kappa shape index (κ2) is 10.2. The van der Waals surface area contributed by atoms with Crippen LogP contribution in [-0.4, -0.2) is 44.9 Å². The number of carbonyl (C=O) groups is 2. The van der Waals surface area contributed by atoms with Gasteiger partial charge in [0.15, 0.2) is 6.10 Å². The number of amides is 1. The van der Waals surface area contributed by atoms with Crippen LogP contribution in [0.4, 0.5) is 17.1 Å². The molecule has 2 aromatic rings. The fraction of sp³-hybridized carbons (Fsp3) is 0.222. The number of esters is 1. The SMILES string of the molecule is CNc1ccc(S(=O)(=O)NCC(=O)OC(C)C(=O)Nc2ccc(Cl)cc2)cc1[N+](=O)[O-]. The average molecular weight is 471 g/mol. The molecule has 0 fully saturated rings. The molecule has 0 saturated carbocycles. The van der Waals surface area contributed by atoms with E-state index >= 15 is 0 Å². The maximum absolute atomic E-state index is 12.3. The molecule has 0 aromatic heterocycles. The van der Waals surface area contributed by atoms with Crippen molar-refractivity contribution in [3.05, 3.63) is 57.6 Å². The molecule has 2 rings (SSSR count). The van der Waals surface area contributed by atoms with Gasteiger partial charge in [-0.3, -0.25) is 19.7 Å². The number of carbonyl (C=O) groups excluding carboxylic acids is 2. The summed E-state index contributed by atoms with van der Waals surface area (Å²) in [5.41, 5.74) is 0.119. The molecule has 1 atom stereocenters. The van der Waals surface area contributed by atoms with E-state index in [1.54, 1.807) is 24.3 Å². The standard InChI is InChI=1S/C18H19ClN4O7S/c1-11(18(25)22-13-5-3-12(19)4-6-13)30-17(24)10-21-31(28,29)14-7-8-15(20-2)16(9-14)23(26)27/h3-9,11,20-21H,10H2,1-2H3,(H,22,25). The van der Waals surface area contributed by atoms with Gasteiger partial charge >= 0.3 is 5.97 Å². The Kier molecular flexibility index (Phi) is 7.91. The summed E-state index contributed by atoms with van der Waals surface area (Å²) in [6.45, 7) is 0.542. The second-order valence-corrected chi connectivity index (χ2v) is 8.34. The highest BCUT2D eigenvalue weighted by Gasteiger charge is 2.23. The van der Waals surface area contributed by atoms with Gasteiger partial charge in [-0.2, -0.15) is 4.72 Å². The molecule has 0 spiro atoms. The first-order chi connectivity index (χ1) is 14.5. The van der Waals surface area contributed by atoms with E-state index in [0.29, 0.717) is 10.7 Å².